The first-order valence-electron chi connectivity index (χ1n) is 4.49. The minimum Gasteiger partial charge on any atom is -0.467 e. The number of aromatic nitrogens is 1. The minimum atomic E-state index is -0.313. The van der Waals surface area contributed by atoms with Gasteiger partial charge in [0.15, 0.2) is 0 Å². The Morgan fingerprint density at radius 3 is 3.00 bits per heavy atom. The monoisotopic (exact) mass is 205 g/mol. The van der Waals surface area contributed by atoms with Crippen LogP contribution in [-0.2, 0) is 6.54 Å². The fraction of sp³-hybridized carbons (Fsp3) is 0.100. The average molecular weight is 205 g/mol. The van der Waals surface area contributed by atoms with Crippen LogP contribution >= 0.6 is 0 Å². The van der Waals surface area contributed by atoms with Gasteiger partial charge < -0.3 is 8.98 Å². The highest BCUT2D eigenvalue weighted by molar-refractivity contribution is 5.92. The summed E-state index contributed by atoms with van der Waals surface area (Å²) in [6.45, 7) is 0.517. The normalized spacial score (nSPS) is 10.2. The molecule has 0 saturated carbocycles. The van der Waals surface area contributed by atoms with Gasteiger partial charge in [0.25, 0.3) is 5.91 Å². The predicted molar refractivity (Wildman–Crippen MR) is 53.9 cm³/mol. The number of nitrogens with zero attached hydrogens (tertiary/aromatic N) is 1. The van der Waals surface area contributed by atoms with Crippen molar-refractivity contribution in [3.8, 4) is 0 Å². The summed E-state index contributed by atoms with van der Waals surface area (Å²) in [4.78, 5) is 11.3. The van der Waals surface area contributed by atoms with Crippen molar-refractivity contribution in [3.05, 3.63) is 48.2 Å². The smallest absolute Gasteiger partial charge is 0.281 e. The second-order valence-electron chi connectivity index (χ2n) is 3.07. The molecule has 5 heteroatoms. The predicted octanol–water partition coefficient (Wildman–Crippen LogP) is 0.733. The number of rotatable bonds is 3. The molecule has 0 atom stereocenters. The fourth-order valence-corrected chi connectivity index (χ4v) is 1.40. The molecule has 1 amide bonds. The largest absolute Gasteiger partial charge is 0.467 e. The van der Waals surface area contributed by atoms with Crippen molar-refractivity contribution in [3.63, 3.8) is 0 Å². The highest BCUT2D eigenvalue weighted by Crippen LogP contribution is 2.08. The van der Waals surface area contributed by atoms with Gasteiger partial charge in [-0.3, -0.25) is 10.2 Å². The molecule has 0 bridgehead atoms. The first kappa shape index (κ1) is 9.54. The standard InChI is InChI=1S/C10H11N3O2/c11-12-10(14)9-4-1-5-13(9)7-8-3-2-6-15-8/h1-6H,7,11H2,(H,12,14). The summed E-state index contributed by atoms with van der Waals surface area (Å²) in [5, 5.41) is 0. The maximum absolute atomic E-state index is 11.3. The molecule has 0 radical (unpaired) electrons. The van der Waals surface area contributed by atoms with E-state index in [1.54, 1.807) is 29.2 Å². The van der Waals surface area contributed by atoms with Gasteiger partial charge in [-0.1, -0.05) is 0 Å². The minimum absolute atomic E-state index is 0.313. The molecule has 78 valence electrons. The highest BCUT2D eigenvalue weighted by atomic mass is 16.3. The number of carbonyl (C=O) groups is 1. The summed E-state index contributed by atoms with van der Waals surface area (Å²) < 4.78 is 6.96. The molecule has 2 aromatic heterocycles. The number of hydrogen-bond acceptors (Lipinski definition) is 3. The Kier molecular flexibility index (Phi) is 2.55. The number of furan rings is 1. The lowest BCUT2D eigenvalue weighted by atomic mass is 10.4. The van der Waals surface area contributed by atoms with E-state index in [1.165, 1.54) is 0 Å². The van der Waals surface area contributed by atoms with E-state index in [1.807, 2.05) is 12.1 Å². The second kappa shape index (κ2) is 4.02. The third kappa shape index (κ3) is 1.92. The summed E-state index contributed by atoms with van der Waals surface area (Å²) in [6, 6.07) is 7.14. The maximum atomic E-state index is 11.3. The van der Waals surface area contributed by atoms with Crippen molar-refractivity contribution in [2.24, 2.45) is 5.84 Å². The van der Waals surface area contributed by atoms with Crippen LogP contribution < -0.4 is 11.3 Å². The van der Waals surface area contributed by atoms with Gasteiger partial charge in [0.2, 0.25) is 0 Å². The zero-order valence-electron chi connectivity index (χ0n) is 8.01. The van der Waals surface area contributed by atoms with Crippen molar-refractivity contribution < 1.29 is 9.21 Å². The van der Waals surface area contributed by atoms with Gasteiger partial charge in [-0.2, -0.15) is 0 Å². The van der Waals surface area contributed by atoms with Gasteiger partial charge >= 0.3 is 0 Å². The second-order valence-corrected chi connectivity index (χ2v) is 3.07. The van der Waals surface area contributed by atoms with Crippen LogP contribution in [0.25, 0.3) is 0 Å². The Bertz CT molecular complexity index is 445. The molecule has 0 aromatic carbocycles. The Labute approximate surface area is 86.5 Å². The number of carbonyl (C=O) groups excluding carboxylic acids is 1. The van der Waals surface area contributed by atoms with E-state index in [0.29, 0.717) is 12.2 Å². The van der Waals surface area contributed by atoms with Crippen molar-refractivity contribution in [2.75, 3.05) is 0 Å². The van der Waals surface area contributed by atoms with E-state index in [-0.39, 0.29) is 5.91 Å². The third-order valence-electron chi connectivity index (χ3n) is 2.10. The van der Waals surface area contributed by atoms with Gasteiger partial charge in [-0.15, -0.1) is 0 Å². The van der Waals surface area contributed by atoms with Gasteiger partial charge in [0, 0.05) is 6.20 Å². The molecule has 0 fully saturated rings. The van der Waals surface area contributed by atoms with Crippen LogP contribution in [0.1, 0.15) is 16.2 Å². The number of nitrogens with two attached hydrogens (primary N) is 1. The lowest BCUT2D eigenvalue weighted by molar-refractivity contribution is 0.0944. The van der Waals surface area contributed by atoms with Crippen molar-refractivity contribution in [1.29, 1.82) is 0 Å². The van der Waals surface area contributed by atoms with Crippen LogP contribution in [0.15, 0.2) is 41.1 Å². The number of nitrogens with one attached hydrogen (secondary N) is 1. The first-order chi connectivity index (χ1) is 7.31. The molecule has 0 aliphatic heterocycles. The molecular weight excluding hydrogens is 194 g/mol. The Hall–Kier alpha value is -2.01. The lowest BCUT2D eigenvalue weighted by Crippen LogP contribution is -2.31. The molecule has 3 N–H and O–H groups in total. The molecule has 0 aliphatic carbocycles. The molecule has 0 unspecified atom stereocenters. The quantitative estimate of drug-likeness (QED) is 0.441. The first-order valence-corrected chi connectivity index (χ1v) is 4.49. The van der Waals surface area contributed by atoms with Crippen LogP contribution in [-0.4, -0.2) is 10.5 Å². The van der Waals surface area contributed by atoms with Gasteiger partial charge in [-0.25, -0.2) is 5.84 Å². The Morgan fingerprint density at radius 1 is 1.47 bits per heavy atom. The summed E-state index contributed by atoms with van der Waals surface area (Å²) >= 11 is 0. The van der Waals surface area contributed by atoms with Crippen LogP contribution in [0.5, 0.6) is 0 Å². The van der Waals surface area contributed by atoms with Crippen LogP contribution in [0.2, 0.25) is 0 Å². The number of hydrazine groups is 1. The van der Waals surface area contributed by atoms with Gasteiger partial charge in [0.1, 0.15) is 11.5 Å². The molecule has 5 nitrogen and oxygen atoms in total. The van der Waals surface area contributed by atoms with Crippen molar-refractivity contribution in [2.45, 2.75) is 6.54 Å². The molecular formula is C10H11N3O2. The van der Waals surface area contributed by atoms with E-state index in [0.717, 1.165) is 5.76 Å². The fourth-order valence-electron chi connectivity index (χ4n) is 1.40. The van der Waals surface area contributed by atoms with E-state index < -0.39 is 0 Å². The van der Waals surface area contributed by atoms with Crippen LogP contribution in [0.4, 0.5) is 0 Å². The third-order valence-corrected chi connectivity index (χ3v) is 2.10. The molecule has 0 spiro atoms. The van der Waals surface area contributed by atoms with Crippen LogP contribution in [0, 0.1) is 0 Å². The SMILES string of the molecule is NNC(=O)c1cccn1Cc1ccco1. The average Bonchev–Trinajstić information content (AvgIpc) is 2.88. The topological polar surface area (TPSA) is 73.2 Å². The zero-order valence-corrected chi connectivity index (χ0v) is 8.01. The Morgan fingerprint density at radius 2 is 2.33 bits per heavy atom. The van der Waals surface area contributed by atoms with Crippen molar-refractivity contribution >= 4 is 5.91 Å². The number of amides is 1. The van der Waals surface area contributed by atoms with Gasteiger partial charge in [0.05, 0.1) is 12.8 Å². The molecule has 2 aromatic rings. The summed E-state index contributed by atoms with van der Waals surface area (Å²) in [5.41, 5.74) is 2.61. The zero-order chi connectivity index (χ0) is 10.7. The van der Waals surface area contributed by atoms with E-state index in [2.05, 4.69) is 5.43 Å². The van der Waals surface area contributed by atoms with E-state index >= 15 is 0 Å². The molecule has 0 aliphatic rings. The highest BCUT2D eigenvalue weighted by Gasteiger charge is 2.09. The van der Waals surface area contributed by atoms with Gasteiger partial charge in [-0.05, 0) is 24.3 Å². The molecule has 15 heavy (non-hydrogen) atoms. The van der Waals surface area contributed by atoms with E-state index in [4.69, 9.17) is 10.3 Å². The lowest BCUT2D eigenvalue weighted by Gasteiger charge is -2.05. The molecule has 2 heterocycles. The summed E-state index contributed by atoms with van der Waals surface area (Å²) in [5.74, 6) is 5.54. The van der Waals surface area contributed by atoms with E-state index in [9.17, 15) is 4.79 Å². The maximum Gasteiger partial charge on any atom is 0.281 e. The number of nitrogen functional groups attached to an aromatic ring is 1. The summed E-state index contributed by atoms with van der Waals surface area (Å²) in [6.07, 6.45) is 3.40. The summed E-state index contributed by atoms with van der Waals surface area (Å²) in [7, 11) is 0. The molecule has 0 saturated heterocycles. The van der Waals surface area contributed by atoms with Crippen LogP contribution in [0.3, 0.4) is 0 Å². The van der Waals surface area contributed by atoms with Crippen molar-refractivity contribution in [1.82, 2.24) is 9.99 Å². The molecule has 2 rings (SSSR count). The number of hydrogen-bond donors (Lipinski definition) is 2. The Balaban J connectivity index is 2.22.